The van der Waals surface area contributed by atoms with Crippen molar-refractivity contribution in [2.75, 3.05) is 0 Å². The standard InChI is InChI=1S/C16H19N5O2S/c17-15(24)20-19-13-11-8-4-5-9-12(11)21(14(13)22)16(23)18-10-6-2-1-3-7-10/h4-5,8-10,22H,1-3,6-7H2,(H2,17,24)(H,18,23). The molecule has 24 heavy (non-hydrogen) atoms. The summed E-state index contributed by atoms with van der Waals surface area (Å²) in [7, 11) is 0. The zero-order valence-corrected chi connectivity index (χ0v) is 13.9. The summed E-state index contributed by atoms with van der Waals surface area (Å²) in [6.07, 6.45) is 5.33. The Morgan fingerprint density at radius 2 is 2.00 bits per heavy atom. The molecule has 0 aliphatic heterocycles. The Morgan fingerprint density at radius 3 is 2.71 bits per heavy atom. The number of aromatic nitrogens is 1. The maximum absolute atomic E-state index is 12.7. The highest BCUT2D eigenvalue weighted by Gasteiger charge is 2.23. The van der Waals surface area contributed by atoms with Crippen molar-refractivity contribution in [3.05, 3.63) is 24.3 Å². The maximum atomic E-state index is 12.7. The van der Waals surface area contributed by atoms with Crippen LogP contribution in [0.4, 0.5) is 10.5 Å². The molecule has 1 aromatic carbocycles. The molecule has 0 radical (unpaired) electrons. The van der Waals surface area contributed by atoms with Crippen LogP contribution in [0, 0.1) is 0 Å². The Balaban J connectivity index is 1.99. The van der Waals surface area contributed by atoms with Crippen molar-refractivity contribution in [3.63, 3.8) is 0 Å². The molecule has 2 aromatic rings. The predicted octanol–water partition coefficient (Wildman–Crippen LogP) is 3.56. The van der Waals surface area contributed by atoms with E-state index in [0.717, 1.165) is 25.7 Å². The number of hydrogen-bond donors (Lipinski definition) is 3. The zero-order chi connectivity index (χ0) is 17.1. The van der Waals surface area contributed by atoms with Gasteiger partial charge in [-0.15, -0.1) is 10.2 Å². The topological polar surface area (TPSA) is 105 Å². The van der Waals surface area contributed by atoms with Crippen LogP contribution in [0.2, 0.25) is 0 Å². The van der Waals surface area contributed by atoms with Gasteiger partial charge in [0.25, 0.3) is 0 Å². The van der Waals surface area contributed by atoms with Crippen LogP contribution < -0.4 is 11.1 Å². The normalized spacial score (nSPS) is 15.8. The molecule has 126 valence electrons. The van der Waals surface area contributed by atoms with Crippen molar-refractivity contribution in [1.82, 2.24) is 9.88 Å². The zero-order valence-electron chi connectivity index (χ0n) is 13.1. The summed E-state index contributed by atoms with van der Waals surface area (Å²) in [6, 6.07) is 6.86. The number of para-hydroxylation sites is 1. The first-order valence-electron chi connectivity index (χ1n) is 7.92. The molecular weight excluding hydrogens is 326 g/mol. The average molecular weight is 345 g/mol. The van der Waals surface area contributed by atoms with E-state index in [1.54, 1.807) is 24.3 Å². The van der Waals surface area contributed by atoms with E-state index >= 15 is 0 Å². The molecule has 0 saturated heterocycles. The molecule has 1 fully saturated rings. The SMILES string of the molecule is NC(=S)N=Nc1c(O)n(C(=O)NC2CCCCC2)c2ccccc12. The van der Waals surface area contributed by atoms with Crippen LogP contribution in [-0.4, -0.2) is 26.9 Å². The minimum Gasteiger partial charge on any atom is -0.493 e. The number of amides is 1. The molecule has 4 N–H and O–H groups in total. The lowest BCUT2D eigenvalue weighted by Gasteiger charge is -2.23. The quantitative estimate of drug-likeness (QED) is 0.571. The van der Waals surface area contributed by atoms with Gasteiger partial charge in [0, 0.05) is 11.4 Å². The lowest BCUT2D eigenvalue weighted by atomic mass is 9.96. The number of aromatic hydroxyl groups is 1. The van der Waals surface area contributed by atoms with Crippen molar-refractivity contribution in [2.24, 2.45) is 16.0 Å². The molecule has 1 aliphatic carbocycles. The van der Waals surface area contributed by atoms with Crippen LogP contribution in [0.25, 0.3) is 10.9 Å². The Morgan fingerprint density at radius 1 is 1.29 bits per heavy atom. The van der Waals surface area contributed by atoms with E-state index in [9.17, 15) is 9.90 Å². The number of hydrogen-bond acceptors (Lipinski definition) is 4. The van der Waals surface area contributed by atoms with Gasteiger partial charge in [-0.1, -0.05) is 37.5 Å². The van der Waals surface area contributed by atoms with Gasteiger partial charge in [-0.25, -0.2) is 9.36 Å². The third-order valence-corrected chi connectivity index (χ3v) is 4.29. The fraction of sp³-hybridized carbons (Fsp3) is 0.375. The van der Waals surface area contributed by atoms with Crippen LogP contribution in [0.3, 0.4) is 0 Å². The van der Waals surface area contributed by atoms with Crippen molar-refractivity contribution in [3.8, 4) is 5.88 Å². The van der Waals surface area contributed by atoms with E-state index in [0.29, 0.717) is 10.9 Å². The second-order valence-electron chi connectivity index (χ2n) is 5.85. The summed E-state index contributed by atoms with van der Waals surface area (Å²) >= 11 is 4.68. The molecule has 3 rings (SSSR count). The van der Waals surface area contributed by atoms with Crippen LogP contribution >= 0.6 is 12.2 Å². The molecule has 1 aliphatic rings. The number of benzene rings is 1. The molecule has 1 saturated carbocycles. The Kier molecular flexibility index (Phi) is 4.75. The molecule has 0 atom stereocenters. The third kappa shape index (κ3) is 3.23. The highest BCUT2D eigenvalue weighted by molar-refractivity contribution is 7.80. The predicted molar refractivity (Wildman–Crippen MR) is 95.7 cm³/mol. The van der Waals surface area contributed by atoms with Gasteiger partial charge in [-0.2, -0.15) is 0 Å². The number of thiocarbonyl (C=S) groups is 1. The van der Waals surface area contributed by atoms with Crippen LogP contribution in [0.5, 0.6) is 5.88 Å². The number of azo groups is 1. The monoisotopic (exact) mass is 345 g/mol. The lowest BCUT2D eigenvalue weighted by Crippen LogP contribution is -2.38. The maximum Gasteiger partial charge on any atom is 0.329 e. The Labute approximate surface area is 144 Å². The van der Waals surface area contributed by atoms with Gasteiger partial charge in [0.2, 0.25) is 11.0 Å². The van der Waals surface area contributed by atoms with Gasteiger partial charge in [0.1, 0.15) is 0 Å². The van der Waals surface area contributed by atoms with Crippen LogP contribution in [-0.2, 0) is 0 Å². The van der Waals surface area contributed by atoms with Gasteiger partial charge in [-0.05, 0) is 31.1 Å². The molecule has 8 heteroatoms. The van der Waals surface area contributed by atoms with E-state index in [1.807, 2.05) is 0 Å². The van der Waals surface area contributed by atoms with E-state index in [4.69, 9.17) is 5.73 Å². The lowest BCUT2D eigenvalue weighted by molar-refractivity contribution is 0.232. The van der Waals surface area contributed by atoms with Crippen molar-refractivity contribution < 1.29 is 9.90 Å². The van der Waals surface area contributed by atoms with E-state index in [-0.39, 0.29) is 28.8 Å². The largest absolute Gasteiger partial charge is 0.493 e. The average Bonchev–Trinajstić information content (AvgIpc) is 2.85. The van der Waals surface area contributed by atoms with E-state index < -0.39 is 0 Å². The first-order valence-corrected chi connectivity index (χ1v) is 8.33. The molecule has 0 spiro atoms. The summed E-state index contributed by atoms with van der Waals surface area (Å²) in [5.41, 5.74) is 6.06. The number of carbonyl (C=O) groups excluding carboxylic acids is 1. The number of rotatable bonds is 2. The summed E-state index contributed by atoms with van der Waals surface area (Å²) in [5, 5.41) is 21.5. The highest BCUT2D eigenvalue weighted by atomic mass is 32.1. The summed E-state index contributed by atoms with van der Waals surface area (Å²) in [4.78, 5) is 12.7. The highest BCUT2D eigenvalue weighted by Crippen LogP contribution is 2.38. The molecule has 1 aromatic heterocycles. The van der Waals surface area contributed by atoms with Gasteiger partial charge >= 0.3 is 6.03 Å². The molecule has 7 nitrogen and oxygen atoms in total. The number of nitrogens with one attached hydrogen (secondary N) is 1. The van der Waals surface area contributed by atoms with Crippen molar-refractivity contribution in [1.29, 1.82) is 0 Å². The molecule has 1 amide bonds. The fourth-order valence-electron chi connectivity index (χ4n) is 3.10. The summed E-state index contributed by atoms with van der Waals surface area (Å²) < 4.78 is 1.22. The second kappa shape index (κ2) is 6.96. The number of nitrogens with zero attached hydrogens (tertiary/aromatic N) is 3. The van der Waals surface area contributed by atoms with Gasteiger partial charge < -0.3 is 16.2 Å². The molecule has 0 unspecified atom stereocenters. The number of fused-ring (bicyclic) bond motifs is 1. The second-order valence-corrected chi connectivity index (χ2v) is 6.27. The minimum absolute atomic E-state index is 0.133. The summed E-state index contributed by atoms with van der Waals surface area (Å²) in [5.74, 6) is -0.274. The molecular formula is C16H19N5O2S. The van der Waals surface area contributed by atoms with Gasteiger partial charge in [-0.3, -0.25) is 0 Å². The van der Waals surface area contributed by atoms with Crippen LogP contribution in [0.1, 0.15) is 32.1 Å². The minimum atomic E-state index is -0.368. The molecule has 0 bridgehead atoms. The third-order valence-electron chi connectivity index (χ3n) is 4.21. The Bertz CT molecular complexity index is 808. The van der Waals surface area contributed by atoms with Gasteiger partial charge in [0.05, 0.1) is 5.52 Å². The van der Waals surface area contributed by atoms with Crippen LogP contribution in [0.15, 0.2) is 34.5 Å². The molecule has 1 heterocycles. The van der Waals surface area contributed by atoms with Crippen molar-refractivity contribution in [2.45, 2.75) is 38.1 Å². The number of carbonyl (C=O) groups is 1. The Hall–Kier alpha value is -2.48. The van der Waals surface area contributed by atoms with Gasteiger partial charge in [0.15, 0.2) is 5.69 Å². The van der Waals surface area contributed by atoms with E-state index in [1.165, 1.54) is 11.0 Å². The number of nitrogens with two attached hydrogens (primary N) is 1. The first kappa shape index (κ1) is 16.4. The van der Waals surface area contributed by atoms with E-state index in [2.05, 4.69) is 27.8 Å². The first-order chi connectivity index (χ1) is 11.6. The fourth-order valence-corrected chi connectivity index (χ4v) is 3.14. The smallest absolute Gasteiger partial charge is 0.329 e. The van der Waals surface area contributed by atoms with Crippen molar-refractivity contribution >= 4 is 40.0 Å². The summed E-state index contributed by atoms with van der Waals surface area (Å²) in [6.45, 7) is 0.